The van der Waals surface area contributed by atoms with Crippen LogP contribution in [0, 0.1) is 0 Å². The molecule has 0 heterocycles. The van der Waals surface area contributed by atoms with Crippen LogP contribution in [0.15, 0.2) is 48.5 Å². The quantitative estimate of drug-likeness (QED) is 0.0641. The van der Waals surface area contributed by atoms with E-state index in [9.17, 15) is 4.79 Å². The molecule has 0 aromatic heterocycles. The minimum absolute atomic E-state index is 0.0524. The Morgan fingerprint density at radius 2 is 0.710 bits per heavy atom. The van der Waals surface area contributed by atoms with Crippen LogP contribution in [-0.4, -0.2) is 138 Å². The van der Waals surface area contributed by atoms with E-state index in [2.05, 4.69) is 36.5 Å². The third-order valence-electron chi connectivity index (χ3n) is 10.7. The highest BCUT2D eigenvalue weighted by Gasteiger charge is 2.29. The first-order valence-corrected chi connectivity index (χ1v) is 24.1. The number of carbonyl (C=O) groups is 1. The van der Waals surface area contributed by atoms with Crippen molar-refractivity contribution in [2.24, 2.45) is 0 Å². The third-order valence-corrected chi connectivity index (χ3v) is 10.7. The Kier molecular flexibility index (Phi) is 34.6. The van der Waals surface area contributed by atoms with Gasteiger partial charge in [0.05, 0.1) is 106 Å². The monoisotopic (exact) mass is 874 g/mol. The Bertz CT molecular complexity index is 1270. The molecule has 3 rings (SSSR count). The van der Waals surface area contributed by atoms with Crippen molar-refractivity contribution in [1.82, 2.24) is 5.32 Å². The van der Waals surface area contributed by atoms with Crippen LogP contribution in [0.3, 0.4) is 0 Å². The molecule has 1 aliphatic rings. The van der Waals surface area contributed by atoms with Gasteiger partial charge in [-0.3, -0.25) is 0 Å². The predicted octanol–water partition coefficient (Wildman–Crippen LogP) is 9.55. The van der Waals surface area contributed by atoms with E-state index in [1.807, 2.05) is 24.3 Å². The molecular weight excluding hydrogens is 791 g/mol. The number of nitrogens with one attached hydrogen (secondary N) is 1. The van der Waals surface area contributed by atoms with Crippen LogP contribution in [0.2, 0.25) is 0 Å². The summed E-state index contributed by atoms with van der Waals surface area (Å²) in [5.41, 5.74) is 4.82. The average molecular weight is 874 g/mol. The Labute approximate surface area is 374 Å². The summed E-state index contributed by atoms with van der Waals surface area (Å²) in [6.45, 7) is 12.9. The highest BCUT2D eigenvalue weighted by atomic mass is 16.6. The molecule has 1 N–H and O–H groups in total. The van der Waals surface area contributed by atoms with Crippen molar-refractivity contribution in [2.75, 3.05) is 132 Å². The second-order valence-electron chi connectivity index (χ2n) is 15.7. The molecular formula is C50H83NO11. The van der Waals surface area contributed by atoms with Gasteiger partial charge in [-0.05, 0) is 35.1 Å². The highest BCUT2D eigenvalue weighted by Crippen LogP contribution is 2.44. The van der Waals surface area contributed by atoms with Crippen molar-refractivity contribution in [1.29, 1.82) is 0 Å². The number of benzene rings is 2. The molecule has 0 saturated carbocycles. The lowest BCUT2D eigenvalue weighted by atomic mass is 9.98. The fourth-order valence-electron chi connectivity index (χ4n) is 7.27. The van der Waals surface area contributed by atoms with Crippen molar-refractivity contribution in [2.45, 2.75) is 109 Å². The van der Waals surface area contributed by atoms with Crippen LogP contribution in [-0.2, 0) is 47.4 Å². The first-order valence-electron chi connectivity index (χ1n) is 24.1. The SMILES string of the molecule is CCCCCCCCCCCCCCCCOCCOCCOCCOCCOCCOCCOCCOCCOCCCNC(=O)OCC1c2ccccc2-c2ccccc21. The molecule has 1 amide bonds. The van der Waals surface area contributed by atoms with Gasteiger partial charge in [0, 0.05) is 25.7 Å². The lowest BCUT2D eigenvalue weighted by molar-refractivity contribution is -0.0250. The summed E-state index contributed by atoms with van der Waals surface area (Å²) in [6, 6.07) is 16.6. The number of unbranched alkanes of at least 4 members (excludes halogenated alkanes) is 13. The van der Waals surface area contributed by atoms with Crippen LogP contribution >= 0.6 is 0 Å². The fraction of sp³-hybridized carbons (Fsp3) is 0.740. The molecule has 12 nitrogen and oxygen atoms in total. The first kappa shape index (κ1) is 53.7. The molecule has 0 atom stereocenters. The van der Waals surface area contributed by atoms with Gasteiger partial charge < -0.3 is 52.7 Å². The summed E-state index contributed by atoms with van der Waals surface area (Å²) in [5, 5.41) is 2.81. The minimum Gasteiger partial charge on any atom is -0.449 e. The fourth-order valence-corrected chi connectivity index (χ4v) is 7.27. The Balaban J connectivity index is 0.911. The van der Waals surface area contributed by atoms with Gasteiger partial charge in [0.1, 0.15) is 6.61 Å². The topological polar surface area (TPSA) is 121 Å². The van der Waals surface area contributed by atoms with E-state index in [4.69, 9.17) is 47.4 Å². The van der Waals surface area contributed by atoms with E-state index in [1.54, 1.807) is 0 Å². The van der Waals surface area contributed by atoms with Crippen LogP contribution in [0.4, 0.5) is 4.79 Å². The number of hydrogen-bond donors (Lipinski definition) is 1. The molecule has 0 aliphatic heterocycles. The van der Waals surface area contributed by atoms with E-state index in [0.29, 0.717) is 132 Å². The largest absolute Gasteiger partial charge is 0.449 e. The lowest BCUT2D eigenvalue weighted by Gasteiger charge is -2.14. The van der Waals surface area contributed by atoms with Crippen molar-refractivity contribution in [3.63, 3.8) is 0 Å². The maximum absolute atomic E-state index is 12.3. The first-order chi connectivity index (χ1) is 30.8. The summed E-state index contributed by atoms with van der Waals surface area (Å²) in [6.07, 6.45) is 19.5. The van der Waals surface area contributed by atoms with Crippen LogP contribution in [0.1, 0.15) is 120 Å². The summed E-state index contributed by atoms with van der Waals surface area (Å²) in [5.74, 6) is 0.0524. The Morgan fingerprint density at radius 3 is 1.08 bits per heavy atom. The number of hydrogen-bond acceptors (Lipinski definition) is 11. The predicted molar refractivity (Wildman–Crippen MR) is 245 cm³/mol. The van der Waals surface area contributed by atoms with Crippen LogP contribution < -0.4 is 5.32 Å². The summed E-state index contributed by atoms with van der Waals surface area (Å²) in [4.78, 5) is 12.3. The van der Waals surface area contributed by atoms with E-state index < -0.39 is 6.09 Å². The number of rotatable bonds is 45. The molecule has 0 saturated heterocycles. The summed E-state index contributed by atoms with van der Waals surface area (Å²) in [7, 11) is 0. The summed E-state index contributed by atoms with van der Waals surface area (Å²) < 4.78 is 55.7. The smallest absolute Gasteiger partial charge is 0.407 e. The van der Waals surface area contributed by atoms with Gasteiger partial charge >= 0.3 is 6.09 Å². The van der Waals surface area contributed by atoms with E-state index >= 15 is 0 Å². The van der Waals surface area contributed by atoms with Gasteiger partial charge in [-0.1, -0.05) is 139 Å². The summed E-state index contributed by atoms with van der Waals surface area (Å²) >= 11 is 0. The highest BCUT2D eigenvalue weighted by molar-refractivity contribution is 5.79. The molecule has 0 fully saturated rings. The van der Waals surface area contributed by atoms with Gasteiger partial charge in [0.2, 0.25) is 0 Å². The van der Waals surface area contributed by atoms with E-state index in [1.165, 1.54) is 106 Å². The number of fused-ring (bicyclic) bond motifs is 3. The standard InChI is InChI=1S/C50H83NO11/c1-2-3-4-5-6-7-8-9-10-11-12-13-14-19-26-53-28-30-55-32-34-57-36-38-59-40-42-61-43-41-60-39-37-58-35-33-56-31-29-54-27-20-25-51-50(52)62-44-49-47-23-17-15-21-45(47)46-22-16-18-24-48(46)49/h15-18,21-24,49H,2-14,19-20,25-44H2,1H3,(H,51,52). The average Bonchev–Trinajstić information content (AvgIpc) is 3.61. The molecule has 1 aliphatic carbocycles. The zero-order chi connectivity index (χ0) is 43.6. The number of ether oxygens (including phenoxy) is 10. The van der Waals surface area contributed by atoms with Gasteiger partial charge in [0.15, 0.2) is 0 Å². The third kappa shape index (κ3) is 27.5. The van der Waals surface area contributed by atoms with E-state index in [-0.39, 0.29) is 5.92 Å². The van der Waals surface area contributed by atoms with Crippen LogP contribution in [0.5, 0.6) is 0 Å². The van der Waals surface area contributed by atoms with Crippen molar-refractivity contribution in [3.8, 4) is 11.1 Å². The Hall–Kier alpha value is -2.65. The number of alkyl carbamates (subject to hydrolysis) is 1. The zero-order valence-corrected chi connectivity index (χ0v) is 38.4. The van der Waals surface area contributed by atoms with Gasteiger partial charge in [0.25, 0.3) is 0 Å². The minimum atomic E-state index is -0.410. The normalized spacial score (nSPS) is 12.2. The second kappa shape index (κ2) is 39.9. The maximum Gasteiger partial charge on any atom is 0.407 e. The van der Waals surface area contributed by atoms with Crippen molar-refractivity contribution >= 4 is 6.09 Å². The molecule has 2 aromatic rings. The Morgan fingerprint density at radius 1 is 0.403 bits per heavy atom. The van der Waals surface area contributed by atoms with Gasteiger partial charge in [-0.25, -0.2) is 4.79 Å². The van der Waals surface area contributed by atoms with Crippen molar-refractivity contribution in [3.05, 3.63) is 59.7 Å². The molecule has 0 unspecified atom stereocenters. The van der Waals surface area contributed by atoms with Gasteiger partial charge in [-0.2, -0.15) is 0 Å². The van der Waals surface area contributed by atoms with E-state index in [0.717, 1.165) is 13.0 Å². The molecule has 0 radical (unpaired) electrons. The van der Waals surface area contributed by atoms with Crippen molar-refractivity contribution < 1.29 is 52.2 Å². The molecule has 2 aromatic carbocycles. The van der Waals surface area contributed by atoms with Crippen LogP contribution in [0.25, 0.3) is 11.1 Å². The molecule has 12 heteroatoms. The second-order valence-corrected chi connectivity index (χ2v) is 15.7. The molecule has 62 heavy (non-hydrogen) atoms. The maximum atomic E-state index is 12.3. The molecule has 0 spiro atoms. The lowest BCUT2D eigenvalue weighted by Crippen LogP contribution is -2.27. The number of carbonyl (C=O) groups excluding carboxylic acids is 1. The van der Waals surface area contributed by atoms with Gasteiger partial charge in [-0.15, -0.1) is 0 Å². The molecule has 354 valence electrons. The number of amides is 1. The zero-order valence-electron chi connectivity index (χ0n) is 38.4. The molecule has 0 bridgehead atoms.